The van der Waals surface area contributed by atoms with Crippen LogP contribution >= 0.6 is 0 Å². The highest BCUT2D eigenvalue weighted by Gasteiger charge is 2.44. The van der Waals surface area contributed by atoms with E-state index in [1.165, 1.54) is 4.90 Å². The first-order valence-corrected chi connectivity index (χ1v) is 5.44. The third kappa shape index (κ3) is 2.40. The van der Waals surface area contributed by atoms with Gasteiger partial charge in [-0.15, -0.1) is 0 Å². The van der Waals surface area contributed by atoms with Crippen molar-refractivity contribution in [1.82, 2.24) is 20.9 Å². The van der Waals surface area contributed by atoms with Crippen LogP contribution in [0.5, 0.6) is 0 Å². The predicted molar refractivity (Wildman–Crippen MR) is 56.0 cm³/mol. The van der Waals surface area contributed by atoms with Crippen molar-refractivity contribution >= 4 is 18.0 Å². The molecular weight excluding hydrogens is 228 g/mol. The Balaban J connectivity index is 1.81. The van der Waals surface area contributed by atoms with Crippen molar-refractivity contribution in [3.05, 3.63) is 0 Å². The predicted octanol–water partition coefficient (Wildman–Crippen LogP) is -0.768. The molecule has 0 spiro atoms. The molecule has 8 nitrogen and oxygen atoms in total. The highest BCUT2D eigenvalue weighted by Crippen LogP contribution is 2.14. The molecule has 2 aliphatic rings. The summed E-state index contributed by atoms with van der Waals surface area (Å²) in [6, 6.07) is -0.557. The van der Waals surface area contributed by atoms with Gasteiger partial charge < -0.3 is 26.0 Å². The van der Waals surface area contributed by atoms with Gasteiger partial charge in [-0.3, -0.25) is 4.79 Å². The van der Waals surface area contributed by atoms with Gasteiger partial charge in [-0.1, -0.05) is 0 Å². The molecule has 2 fully saturated rings. The van der Waals surface area contributed by atoms with Crippen molar-refractivity contribution in [2.24, 2.45) is 0 Å². The Morgan fingerprint density at radius 1 is 1.24 bits per heavy atom. The number of unbranched alkanes of at least 4 members (excludes halogenated alkanes) is 1. The van der Waals surface area contributed by atoms with E-state index in [0.29, 0.717) is 19.4 Å². The lowest BCUT2D eigenvalue weighted by atomic mass is 10.2. The average Bonchev–Trinajstić information content (AvgIpc) is 2.69. The SMILES string of the molecule is O=C(O)CCCCN1C(=O)N[C@H]2NC(=O)N[C@@H]21. The number of urea groups is 2. The van der Waals surface area contributed by atoms with Crippen molar-refractivity contribution in [3.63, 3.8) is 0 Å². The van der Waals surface area contributed by atoms with Crippen LogP contribution in [-0.4, -0.2) is 46.9 Å². The van der Waals surface area contributed by atoms with Crippen LogP contribution in [-0.2, 0) is 4.79 Å². The summed E-state index contributed by atoms with van der Waals surface area (Å²) in [5.41, 5.74) is 0. The maximum Gasteiger partial charge on any atom is 0.320 e. The Morgan fingerprint density at radius 3 is 2.71 bits per heavy atom. The number of hydrogen-bond acceptors (Lipinski definition) is 3. The normalized spacial score (nSPS) is 26.2. The van der Waals surface area contributed by atoms with Crippen molar-refractivity contribution in [1.29, 1.82) is 0 Å². The molecule has 2 aliphatic heterocycles. The van der Waals surface area contributed by atoms with Gasteiger partial charge in [0.25, 0.3) is 0 Å². The molecule has 4 N–H and O–H groups in total. The van der Waals surface area contributed by atoms with Crippen LogP contribution in [0.1, 0.15) is 19.3 Å². The number of hydrogen-bond donors (Lipinski definition) is 4. The summed E-state index contributed by atoms with van der Waals surface area (Å²) < 4.78 is 0. The third-order valence-electron chi connectivity index (χ3n) is 2.80. The number of nitrogens with zero attached hydrogens (tertiary/aromatic N) is 1. The minimum Gasteiger partial charge on any atom is -0.481 e. The molecule has 0 aromatic carbocycles. The van der Waals surface area contributed by atoms with E-state index in [0.717, 1.165) is 0 Å². The lowest BCUT2D eigenvalue weighted by Gasteiger charge is -2.20. The van der Waals surface area contributed by atoms with Crippen LogP contribution in [0, 0.1) is 0 Å². The molecule has 2 saturated heterocycles. The minimum atomic E-state index is -0.843. The molecular formula is C9H14N4O4. The van der Waals surface area contributed by atoms with Gasteiger partial charge in [0.05, 0.1) is 0 Å². The van der Waals surface area contributed by atoms with E-state index in [9.17, 15) is 14.4 Å². The van der Waals surface area contributed by atoms with Crippen LogP contribution in [0.15, 0.2) is 0 Å². The minimum absolute atomic E-state index is 0.0914. The zero-order chi connectivity index (χ0) is 12.4. The smallest absolute Gasteiger partial charge is 0.320 e. The van der Waals surface area contributed by atoms with Crippen molar-refractivity contribution in [2.45, 2.75) is 31.6 Å². The summed E-state index contributed by atoms with van der Waals surface area (Å²) in [6.07, 6.45) is 0.430. The number of carbonyl (C=O) groups is 3. The monoisotopic (exact) mass is 242 g/mol. The van der Waals surface area contributed by atoms with Crippen molar-refractivity contribution in [2.75, 3.05) is 6.54 Å². The lowest BCUT2D eigenvalue weighted by Crippen LogP contribution is -2.43. The fraction of sp³-hybridized carbons (Fsp3) is 0.667. The molecule has 0 bridgehead atoms. The number of carbonyl (C=O) groups excluding carboxylic acids is 2. The second-order valence-electron chi connectivity index (χ2n) is 4.03. The first-order chi connectivity index (χ1) is 8.08. The summed E-state index contributed by atoms with van der Waals surface area (Å²) in [7, 11) is 0. The number of amides is 4. The molecule has 8 heteroatoms. The standard InChI is InChI=1S/C9H14N4O4/c14-5(15)3-1-2-4-13-7-6(11-9(13)17)10-8(16)12-7/h6-7H,1-4H2,(H,11,17)(H,14,15)(H2,10,12,16)/t6-,7-/m1/s1. The maximum atomic E-state index is 11.5. The fourth-order valence-corrected chi connectivity index (χ4v) is 1.99. The number of fused-ring (bicyclic) bond motifs is 1. The second kappa shape index (κ2) is 4.48. The summed E-state index contributed by atoms with van der Waals surface area (Å²) in [5.74, 6) is -0.843. The number of carboxylic acid groups (broad SMARTS) is 1. The topological polar surface area (TPSA) is 111 Å². The molecule has 94 valence electrons. The summed E-state index contributed by atoms with van der Waals surface area (Å²) in [5, 5.41) is 16.3. The van der Waals surface area contributed by atoms with Crippen LogP contribution in [0.4, 0.5) is 9.59 Å². The van der Waals surface area contributed by atoms with Crippen LogP contribution in [0.3, 0.4) is 0 Å². The first kappa shape index (κ1) is 11.5. The van der Waals surface area contributed by atoms with E-state index in [-0.39, 0.29) is 24.6 Å². The molecule has 2 rings (SSSR count). The molecule has 0 unspecified atom stereocenters. The van der Waals surface area contributed by atoms with E-state index in [1.807, 2.05) is 0 Å². The van der Waals surface area contributed by atoms with Crippen LogP contribution < -0.4 is 16.0 Å². The highest BCUT2D eigenvalue weighted by molar-refractivity contribution is 5.84. The Morgan fingerprint density at radius 2 is 2.00 bits per heavy atom. The molecule has 0 aliphatic carbocycles. The van der Waals surface area contributed by atoms with Gasteiger partial charge in [-0.05, 0) is 12.8 Å². The molecule has 17 heavy (non-hydrogen) atoms. The van der Waals surface area contributed by atoms with Gasteiger partial charge in [0, 0.05) is 13.0 Å². The Labute approximate surface area is 97.3 Å². The van der Waals surface area contributed by atoms with Crippen LogP contribution in [0.2, 0.25) is 0 Å². The quantitative estimate of drug-likeness (QED) is 0.474. The molecule has 2 atom stereocenters. The molecule has 0 saturated carbocycles. The third-order valence-corrected chi connectivity index (χ3v) is 2.80. The lowest BCUT2D eigenvalue weighted by molar-refractivity contribution is -0.137. The molecule has 0 aromatic rings. The molecule has 0 radical (unpaired) electrons. The van der Waals surface area contributed by atoms with E-state index in [4.69, 9.17) is 5.11 Å². The Hall–Kier alpha value is -1.99. The van der Waals surface area contributed by atoms with E-state index < -0.39 is 12.1 Å². The number of rotatable bonds is 5. The molecule has 4 amide bonds. The second-order valence-corrected chi connectivity index (χ2v) is 4.03. The number of nitrogens with one attached hydrogen (secondary N) is 3. The fourth-order valence-electron chi connectivity index (χ4n) is 1.99. The van der Waals surface area contributed by atoms with Gasteiger partial charge in [0.1, 0.15) is 12.3 Å². The van der Waals surface area contributed by atoms with E-state index in [2.05, 4.69) is 16.0 Å². The van der Waals surface area contributed by atoms with Crippen LogP contribution in [0.25, 0.3) is 0 Å². The maximum absolute atomic E-state index is 11.5. The zero-order valence-electron chi connectivity index (χ0n) is 9.10. The van der Waals surface area contributed by atoms with Crippen molar-refractivity contribution < 1.29 is 19.5 Å². The summed E-state index contributed by atoms with van der Waals surface area (Å²) in [6.45, 7) is 0.433. The Bertz CT molecular complexity index is 359. The molecule has 0 aromatic heterocycles. The average molecular weight is 242 g/mol. The highest BCUT2D eigenvalue weighted by atomic mass is 16.4. The van der Waals surface area contributed by atoms with E-state index in [1.54, 1.807) is 0 Å². The summed E-state index contributed by atoms with van der Waals surface area (Å²) >= 11 is 0. The number of aliphatic carboxylic acids is 1. The van der Waals surface area contributed by atoms with Gasteiger partial charge >= 0.3 is 18.0 Å². The van der Waals surface area contributed by atoms with E-state index >= 15 is 0 Å². The first-order valence-electron chi connectivity index (χ1n) is 5.44. The van der Waals surface area contributed by atoms with Gasteiger partial charge in [0.15, 0.2) is 0 Å². The van der Waals surface area contributed by atoms with Gasteiger partial charge in [0.2, 0.25) is 0 Å². The number of carboxylic acids is 1. The largest absolute Gasteiger partial charge is 0.481 e. The van der Waals surface area contributed by atoms with Gasteiger partial charge in [-0.2, -0.15) is 0 Å². The van der Waals surface area contributed by atoms with Crippen molar-refractivity contribution in [3.8, 4) is 0 Å². The Kier molecular flexibility index (Phi) is 3.03. The summed E-state index contributed by atoms with van der Waals surface area (Å²) in [4.78, 5) is 34.4. The molecule has 2 heterocycles. The zero-order valence-corrected chi connectivity index (χ0v) is 9.10. The van der Waals surface area contributed by atoms with Gasteiger partial charge in [-0.25, -0.2) is 9.59 Å².